The van der Waals surface area contributed by atoms with E-state index in [0.717, 1.165) is 47.9 Å². The zero-order valence-electron chi connectivity index (χ0n) is 16.8. The fourth-order valence-electron chi connectivity index (χ4n) is 5.08. The SMILES string of the molecule is CC(C)(O)C1CC2(CC(NC(=O)c3ccc(-c4nccc5occc45)cc3)C2)C1. The average Bonchev–Trinajstić information content (AvgIpc) is 3.10. The third kappa shape index (κ3) is 3.23. The number of nitrogens with zero attached hydrogens (tertiary/aromatic N) is 1. The Kier molecular flexibility index (Phi) is 4.07. The number of benzene rings is 1. The molecule has 1 amide bonds. The van der Waals surface area contributed by atoms with Gasteiger partial charge < -0.3 is 14.8 Å². The Morgan fingerprint density at radius 1 is 1.14 bits per heavy atom. The van der Waals surface area contributed by atoms with Gasteiger partial charge in [0.15, 0.2) is 0 Å². The summed E-state index contributed by atoms with van der Waals surface area (Å²) in [4.78, 5) is 17.1. The van der Waals surface area contributed by atoms with E-state index in [1.54, 1.807) is 12.5 Å². The van der Waals surface area contributed by atoms with E-state index in [9.17, 15) is 9.90 Å². The average molecular weight is 390 g/mol. The van der Waals surface area contributed by atoms with Crippen LogP contribution in [-0.2, 0) is 0 Å². The minimum absolute atomic E-state index is 0.0239. The summed E-state index contributed by atoms with van der Waals surface area (Å²) >= 11 is 0. The lowest BCUT2D eigenvalue weighted by Crippen LogP contribution is -2.59. The van der Waals surface area contributed by atoms with Gasteiger partial charge in [0.05, 0.1) is 17.6 Å². The number of hydrogen-bond acceptors (Lipinski definition) is 4. The van der Waals surface area contributed by atoms with Crippen LogP contribution in [0.1, 0.15) is 49.9 Å². The van der Waals surface area contributed by atoms with Gasteiger partial charge in [-0.15, -0.1) is 0 Å². The van der Waals surface area contributed by atoms with Gasteiger partial charge in [0.25, 0.3) is 5.91 Å². The van der Waals surface area contributed by atoms with E-state index in [1.807, 2.05) is 50.2 Å². The van der Waals surface area contributed by atoms with E-state index in [-0.39, 0.29) is 11.9 Å². The van der Waals surface area contributed by atoms with Crippen molar-refractivity contribution in [3.8, 4) is 11.3 Å². The first-order valence-corrected chi connectivity index (χ1v) is 10.3. The lowest BCUT2D eigenvalue weighted by molar-refractivity contribution is -0.127. The van der Waals surface area contributed by atoms with Crippen molar-refractivity contribution in [2.45, 2.75) is 51.2 Å². The van der Waals surface area contributed by atoms with E-state index >= 15 is 0 Å². The van der Waals surface area contributed by atoms with Crippen molar-refractivity contribution in [2.24, 2.45) is 11.3 Å². The number of aromatic nitrogens is 1. The summed E-state index contributed by atoms with van der Waals surface area (Å²) < 4.78 is 5.44. The number of carbonyl (C=O) groups is 1. The molecule has 2 aromatic heterocycles. The molecular formula is C24H26N2O3. The second-order valence-corrected chi connectivity index (χ2v) is 9.41. The molecule has 2 heterocycles. The fraction of sp³-hybridized carbons (Fsp3) is 0.417. The maximum Gasteiger partial charge on any atom is 0.251 e. The van der Waals surface area contributed by atoms with E-state index in [2.05, 4.69) is 10.3 Å². The Bertz CT molecular complexity index is 1050. The molecule has 2 fully saturated rings. The number of aliphatic hydroxyl groups is 1. The lowest BCUT2D eigenvalue weighted by Gasteiger charge is -2.60. The minimum Gasteiger partial charge on any atom is -0.464 e. The molecule has 150 valence electrons. The van der Waals surface area contributed by atoms with Crippen molar-refractivity contribution < 1.29 is 14.3 Å². The Morgan fingerprint density at radius 3 is 2.55 bits per heavy atom. The first-order valence-electron chi connectivity index (χ1n) is 10.3. The molecule has 1 spiro atoms. The number of furan rings is 1. The number of nitrogens with one attached hydrogen (secondary N) is 1. The zero-order valence-corrected chi connectivity index (χ0v) is 16.8. The fourth-order valence-corrected chi connectivity index (χ4v) is 5.08. The van der Waals surface area contributed by atoms with E-state index in [1.165, 1.54) is 0 Å². The van der Waals surface area contributed by atoms with Crippen LogP contribution in [0.15, 0.2) is 53.3 Å². The highest BCUT2D eigenvalue weighted by Gasteiger charge is 2.56. The molecule has 2 saturated carbocycles. The number of amides is 1. The van der Waals surface area contributed by atoms with Crippen LogP contribution in [0.25, 0.3) is 22.2 Å². The molecule has 0 atom stereocenters. The molecule has 0 radical (unpaired) electrons. The molecule has 5 heteroatoms. The highest BCUT2D eigenvalue weighted by molar-refractivity contribution is 5.96. The summed E-state index contributed by atoms with van der Waals surface area (Å²) in [5, 5.41) is 14.2. The molecule has 0 unspecified atom stereocenters. The molecular weight excluding hydrogens is 364 g/mol. The molecule has 0 bridgehead atoms. The Hall–Kier alpha value is -2.66. The van der Waals surface area contributed by atoms with Crippen LogP contribution in [-0.4, -0.2) is 27.6 Å². The van der Waals surface area contributed by atoms with Crippen LogP contribution >= 0.6 is 0 Å². The number of carbonyl (C=O) groups excluding carboxylic acids is 1. The van der Waals surface area contributed by atoms with Gasteiger partial charge in [-0.1, -0.05) is 12.1 Å². The van der Waals surface area contributed by atoms with Crippen LogP contribution in [0.4, 0.5) is 0 Å². The van der Waals surface area contributed by atoms with Crippen LogP contribution in [0.3, 0.4) is 0 Å². The zero-order chi connectivity index (χ0) is 20.2. The minimum atomic E-state index is -0.586. The molecule has 0 saturated heterocycles. The van der Waals surface area contributed by atoms with E-state index in [0.29, 0.717) is 16.9 Å². The van der Waals surface area contributed by atoms with Gasteiger partial charge in [-0.3, -0.25) is 9.78 Å². The monoisotopic (exact) mass is 390 g/mol. The highest BCUT2D eigenvalue weighted by Crippen LogP contribution is 2.61. The van der Waals surface area contributed by atoms with Crippen LogP contribution in [0, 0.1) is 11.3 Å². The topological polar surface area (TPSA) is 75.4 Å². The molecule has 2 aliphatic rings. The molecule has 1 aromatic carbocycles. The van der Waals surface area contributed by atoms with Crippen LogP contribution in [0.5, 0.6) is 0 Å². The largest absolute Gasteiger partial charge is 0.464 e. The Morgan fingerprint density at radius 2 is 1.86 bits per heavy atom. The Balaban J connectivity index is 1.21. The van der Waals surface area contributed by atoms with Gasteiger partial charge in [0.2, 0.25) is 0 Å². The molecule has 29 heavy (non-hydrogen) atoms. The summed E-state index contributed by atoms with van der Waals surface area (Å²) in [5.74, 6) is 0.365. The molecule has 3 aromatic rings. The second-order valence-electron chi connectivity index (χ2n) is 9.41. The van der Waals surface area contributed by atoms with Crippen molar-refractivity contribution in [2.75, 3.05) is 0 Å². The van der Waals surface area contributed by atoms with Gasteiger partial charge in [-0.2, -0.15) is 0 Å². The summed E-state index contributed by atoms with van der Waals surface area (Å²) in [7, 11) is 0. The summed E-state index contributed by atoms with van der Waals surface area (Å²) in [6, 6.07) is 11.6. The van der Waals surface area contributed by atoms with Gasteiger partial charge in [-0.25, -0.2) is 0 Å². The smallest absolute Gasteiger partial charge is 0.251 e. The summed E-state index contributed by atoms with van der Waals surface area (Å²) in [6.45, 7) is 3.79. The number of pyridine rings is 1. The Labute approximate surface area is 170 Å². The summed E-state index contributed by atoms with van der Waals surface area (Å²) in [5.41, 5.74) is 3.05. The van der Waals surface area contributed by atoms with E-state index in [4.69, 9.17) is 4.42 Å². The van der Waals surface area contributed by atoms with Gasteiger partial charge in [0, 0.05) is 28.8 Å². The lowest BCUT2D eigenvalue weighted by atomic mass is 9.47. The number of rotatable bonds is 4. The number of hydrogen-bond donors (Lipinski definition) is 2. The predicted octanol–water partition coefficient (Wildman–Crippen LogP) is 4.55. The molecule has 0 aliphatic heterocycles. The van der Waals surface area contributed by atoms with Crippen molar-refractivity contribution >= 4 is 16.9 Å². The first-order chi connectivity index (χ1) is 13.8. The van der Waals surface area contributed by atoms with Crippen LogP contribution in [0.2, 0.25) is 0 Å². The van der Waals surface area contributed by atoms with Crippen LogP contribution < -0.4 is 5.32 Å². The maximum atomic E-state index is 12.6. The maximum absolute atomic E-state index is 12.6. The quantitative estimate of drug-likeness (QED) is 0.685. The molecule has 5 nitrogen and oxygen atoms in total. The molecule has 5 rings (SSSR count). The van der Waals surface area contributed by atoms with Crippen molar-refractivity contribution in [1.29, 1.82) is 0 Å². The van der Waals surface area contributed by atoms with Gasteiger partial charge in [0.1, 0.15) is 5.58 Å². The third-order valence-electron chi connectivity index (χ3n) is 6.85. The summed E-state index contributed by atoms with van der Waals surface area (Å²) in [6.07, 6.45) is 7.59. The van der Waals surface area contributed by atoms with Crippen molar-refractivity contribution in [3.05, 3.63) is 54.4 Å². The highest BCUT2D eigenvalue weighted by atomic mass is 16.3. The third-order valence-corrected chi connectivity index (χ3v) is 6.85. The van der Waals surface area contributed by atoms with Crippen molar-refractivity contribution in [3.63, 3.8) is 0 Å². The predicted molar refractivity (Wildman–Crippen MR) is 111 cm³/mol. The first kappa shape index (κ1) is 18.4. The van der Waals surface area contributed by atoms with Gasteiger partial charge >= 0.3 is 0 Å². The number of fused-ring (bicyclic) bond motifs is 1. The van der Waals surface area contributed by atoms with E-state index < -0.39 is 5.60 Å². The van der Waals surface area contributed by atoms with Gasteiger partial charge in [-0.05, 0) is 75.1 Å². The molecule has 2 N–H and O–H groups in total. The molecule has 2 aliphatic carbocycles. The normalized spacial score (nSPS) is 26.2. The standard InChI is InChI=1S/C24H26N2O3/c1-23(2,28)17-11-24(12-17)13-18(14-24)26-22(27)16-5-3-15(4-6-16)21-19-8-10-29-20(19)7-9-25-21/h3-10,17-18,28H,11-14H2,1-2H3,(H,26,27). The van der Waals surface area contributed by atoms with Crippen molar-refractivity contribution in [1.82, 2.24) is 10.3 Å². The second kappa shape index (κ2) is 6.42.